The monoisotopic (exact) mass is 268 g/mol. The maximum atomic E-state index is 9.15. The van der Waals surface area contributed by atoms with Crippen LogP contribution in [0.4, 0.5) is 0 Å². The number of nitrogens with zero attached hydrogens (tertiary/aromatic N) is 2. The molecule has 0 bridgehead atoms. The van der Waals surface area contributed by atoms with Crippen molar-refractivity contribution in [3.8, 4) is 0 Å². The Kier molecular flexibility index (Phi) is 5.96. The van der Waals surface area contributed by atoms with Crippen LogP contribution < -0.4 is 0 Å². The van der Waals surface area contributed by atoms with Gasteiger partial charge < -0.3 is 5.11 Å². The zero-order valence-electron chi connectivity index (χ0n) is 11.5. The number of pyridine rings is 1. The highest BCUT2D eigenvalue weighted by Gasteiger charge is 2.03. The van der Waals surface area contributed by atoms with Crippen molar-refractivity contribution < 1.29 is 5.11 Å². The maximum absolute atomic E-state index is 9.15. The normalized spacial score (nSPS) is 11.3. The second-order valence-corrected chi connectivity index (χ2v) is 4.63. The molecule has 0 spiro atoms. The molecule has 3 nitrogen and oxygen atoms in total. The number of hydrogen-bond acceptors (Lipinski definition) is 3. The van der Waals surface area contributed by atoms with Crippen LogP contribution in [0.5, 0.6) is 0 Å². The molecular formula is C17H20N2O. The lowest BCUT2D eigenvalue weighted by Gasteiger charge is -2.19. The van der Waals surface area contributed by atoms with Crippen LogP contribution in [0, 0.1) is 0 Å². The molecular weight excluding hydrogens is 248 g/mol. The van der Waals surface area contributed by atoms with Gasteiger partial charge in [-0.2, -0.15) is 0 Å². The van der Waals surface area contributed by atoms with E-state index in [2.05, 4.69) is 40.2 Å². The molecule has 0 fully saturated rings. The summed E-state index contributed by atoms with van der Waals surface area (Å²) in [6.07, 6.45) is 7.87. The summed E-state index contributed by atoms with van der Waals surface area (Å²) in [7, 11) is 0. The number of aliphatic hydroxyl groups excluding tert-OH is 1. The summed E-state index contributed by atoms with van der Waals surface area (Å²) in [6.45, 7) is 2.44. The topological polar surface area (TPSA) is 36.4 Å². The van der Waals surface area contributed by atoms with Crippen LogP contribution in [-0.2, 0) is 6.54 Å². The zero-order chi connectivity index (χ0) is 14.0. The van der Waals surface area contributed by atoms with Crippen molar-refractivity contribution in [3.63, 3.8) is 0 Å². The highest BCUT2D eigenvalue weighted by Crippen LogP contribution is 2.05. The van der Waals surface area contributed by atoms with E-state index < -0.39 is 0 Å². The highest BCUT2D eigenvalue weighted by atomic mass is 16.3. The molecule has 3 heteroatoms. The molecule has 20 heavy (non-hydrogen) atoms. The molecule has 0 unspecified atom stereocenters. The summed E-state index contributed by atoms with van der Waals surface area (Å²) < 4.78 is 0. The summed E-state index contributed by atoms with van der Waals surface area (Å²) in [6, 6.07) is 14.2. The van der Waals surface area contributed by atoms with Gasteiger partial charge in [-0.25, -0.2) is 0 Å². The first-order valence-corrected chi connectivity index (χ1v) is 6.82. The largest absolute Gasteiger partial charge is 0.395 e. The minimum absolute atomic E-state index is 0.166. The molecule has 0 aliphatic heterocycles. The van der Waals surface area contributed by atoms with E-state index >= 15 is 0 Å². The summed E-state index contributed by atoms with van der Waals surface area (Å²) >= 11 is 0. The van der Waals surface area contributed by atoms with Gasteiger partial charge in [0.05, 0.1) is 6.61 Å². The Balaban J connectivity index is 1.91. The fraction of sp³-hybridized carbons (Fsp3) is 0.235. The van der Waals surface area contributed by atoms with Crippen LogP contribution in [0.15, 0.2) is 60.9 Å². The van der Waals surface area contributed by atoms with E-state index in [9.17, 15) is 0 Å². The van der Waals surface area contributed by atoms with Crippen LogP contribution in [0.2, 0.25) is 0 Å². The van der Waals surface area contributed by atoms with Gasteiger partial charge in [-0.05, 0) is 17.2 Å². The summed E-state index contributed by atoms with van der Waals surface area (Å²) in [5, 5.41) is 9.15. The van der Waals surface area contributed by atoms with Crippen LogP contribution in [-0.4, -0.2) is 34.7 Å². The average molecular weight is 268 g/mol. The van der Waals surface area contributed by atoms with Crippen LogP contribution >= 0.6 is 0 Å². The number of rotatable bonds is 7. The lowest BCUT2D eigenvalue weighted by molar-refractivity contribution is 0.203. The maximum Gasteiger partial charge on any atom is 0.0558 e. The summed E-state index contributed by atoms with van der Waals surface area (Å²) in [4.78, 5) is 6.31. The van der Waals surface area contributed by atoms with E-state index in [4.69, 9.17) is 5.11 Å². The van der Waals surface area contributed by atoms with Gasteiger partial charge in [0.2, 0.25) is 0 Å². The molecule has 1 aromatic heterocycles. The van der Waals surface area contributed by atoms with Crippen molar-refractivity contribution in [3.05, 3.63) is 72.1 Å². The van der Waals surface area contributed by atoms with Crippen LogP contribution in [0.1, 0.15) is 11.1 Å². The molecule has 0 radical (unpaired) electrons. The van der Waals surface area contributed by atoms with E-state index in [-0.39, 0.29) is 6.61 Å². The first-order valence-electron chi connectivity index (χ1n) is 6.82. The molecule has 2 rings (SSSR count). The first-order chi connectivity index (χ1) is 9.88. The van der Waals surface area contributed by atoms with E-state index in [1.165, 1.54) is 5.56 Å². The quantitative estimate of drug-likeness (QED) is 0.838. The van der Waals surface area contributed by atoms with Crippen molar-refractivity contribution in [2.75, 3.05) is 19.7 Å². The first kappa shape index (κ1) is 14.4. The van der Waals surface area contributed by atoms with E-state index in [0.717, 1.165) is 18.7 Å². The molecule has 0 atom stereocenters. The molecule has 1 aromatic carbocycles. The Morgan fingerprint density at radius 3 is 2.65 bits per heavy atom. The Hall–Kier alpha value is -1.97. The van der Waals surface area contributed by atoms with Gasteiger partial charge in [0.15, 0.2) is 0 Å². The van der Waals surface area contributed by atoms with Crippen molar-refractivity contribution in [2.45, 2.75) is 6.54 Å². The fourth-order valence-corrected chi connectivity index (χ4v) is 2.03. The molecule has 1 N–H and O–H groups in total. The lowest BCUT2D eigenvalue weighted by atomic mass is 10.2. The Bertz CT molecular complexity index is 511. The Morgan fingerprint density at radius 1 is 1.10 bits per heavy atom. The molecule has 0 saturated heterocycles. The summed E-state index contributed by atoms with van der Waals surface area (Å²) in [5.74, 6) is 0. The lowest BCUT2D eigenvalue weighted by Crippen LogP contribution is -2.26. The standard InChI is InChI=1S/C17H20N2O/c20-13-12-19(15-17-8-4-10-18-14-17)11-5-9-16-6-2-1-3-7-16/h1-10,14,20H,11-13,15H2/b9-5+. The van der Waals surface area contributed by atoms with Gasteiger partial charge >= 0.3 is 0 Å². The number of aliphatic hydroxyl groups is 1. The van der Waals surface area contributed by atoms with Gasteiger partial charge in [-0.15, -0.1) is 0 Å². The van der Waals surface area contributed by atoms with Gasteiger partial charge in [-0.3, -0.25) is 9.88 Å². The number of hydrogen-bond donors (Lipinski definition) is 1. The molecule has 0 aliphatic rings. The fourth-order valence-electron chi connectivity index (χ4n) is 2.03. The van der Waals surface area contributed by atoms with Crippen molar-refractivity contribution in [1.29, 1.82) is 0 Å². The smallest absolute Gasteiger partial charge is 0.0558 e. The van der Waals surface area contributed by atoms with Gasteiger partial charge in [0.1, 0.15) is 0 Å². The second-order valence-electron chi connectivity index (χ2n) is 4.63. The Morgan fingerprint density at radius 2 is 1.95 bits per heavy atom. The van der Waals surface area contributed by atoms with Crippen LogP contribution in [0.25, 0.3) is 6.08 Å². The third-order valence-electron chi connectivity index (χ3n) is 3.02. The molecule has 2 aromatic rings. The molecule has 0 saturated carbocycles. The highest BCUT2D eigenvalue weighted by molar-refractivity contribution is 5.48. The minimum Gasteiger partial charge on any atom is -0.395 e. The predicted octanol–water partition coefficient (Wildman–Crippen LogP) is 2.59. The molecule has 0 amide bonds. The molecule has 104 valence electrons. The van der Waals surface area contributed by atoms with Gasteiger partial charge in [0.25, 0.3) is 0 Å². The molecule has 1 heterocycles. The zero-order valence-corrected chi connectivity index (χ0v) is 11.5. The van der Waals surface area contributed by atoms with E-state index in [1.54, 1.807) is 6.20 Å². The van der Waals surface area contributed by atoms with Crippen LogP contribution in [0.3, 0.4) is 0 Å². The SMILES string of the molecule is OCCN(C/C=C/c1ccccc1)Cc1cccnc1. The van der Waals surface area contributed by atoms with Gasteiger partial charge in [-0.1, -0.05) is 48.6 Å². The third kappa shape index (κ3) is 4.96. The van der Waals surface area contributed by atoms with Gasteiger partial charge in [0, 0.05) is 32.0 Å². The van der Waals surface area contributed by atoms with E-state index in [0.29, 0.717) is 6.54 Å². The Labute approximate surface area is 120 Å². The predicted molar refractivity (Wildman–Crippen MR) is 82.1 cm³/mol. The third-order valence-corrected chi connectivity index (χ3v) is 3.02. The van der Waals surface area contributed by atoms with Crippen molar-refractivity contribution >= 4 is 6.08 Å². The number of aromatic nitrogens is 1. The second kappa shape index (κ2) is 8.25. The van der Waals surface area contributed by atoms with Crippen molar-refractivity contribution in [2.24, 2.45) is 0 Å². The molecule has 0 aliphatic carbocycles. The number of benzene rings is 1. The minimum atomic E-state index is 0.166. The summed E-state index contributed by atoms with van der Waals surface area (Å²) in [5.41, 5.74) is 2.35. The van der Waals surface area contributed by atoms with E-state index in [1.807, 2.05) is 30.5 Å². The average Bonchev–Trinajstić information content (AvgIpc) is 2.49. The van der Waals surface area contributed by atoms with Crippen molar-refractivity contribution in [1.82, 2.24) is 9.88 Å².